The molecule has 0 rings (SSSR count). The highest BCUT2D eigenvalue weighted by Crippen LogP contribution is 2.29. The lowest BCUT2D eigenvalue weighted by Crippen LogP contribution is -2.54. The number of carbonyl (C=O) groups excluding carboxylic acids is 3. The summed E-state index contributed by atoms with van der Waals surface area (Å²) in [6, 6.07) is 0. The summed E-state index contributed by atoms with van der Waals surface area (Å²) in [5.74, 6) is -4.17. The summed E-state index contributed by atoms with van der Waals surface area (Å²) < 4.78 is 9.41. The molecule has 0 heterocycles. The van der Waals surface area contributed by atoms with Crippen LogP contribution in [0.5, 0.6) is 0 Å². The fourth-order valence-corrected chi connectivity index (χ4v) is 0.872. The molecule has 0 radical (unpaired) electrons. The van der Waals surface area contributed by atoms with Gasteiger partial charge < -0.3 is 14.6 Å². The predicted octanol–water partition coefficient (Wildman–Crippen LogP) is 0.205. The van der Waals surface area contributed by atoms with E-state index in [0.717, 1.165) is 32.1 Å². The largest absolute Gasteiger partial charge is 0.414 e. The fourth-order valence-electron chi connectivity index (χ4n) is 0.872. The van der Waals surface area contributed by atoms with Gasteiger partial charge in [-0.3, -0.25) is 0 Å². The Balaban J connectivity index is 5.44. The summed E-state index contributed by atoms with van der Waals surface area (Å²) in [5, 5.41) is 9.87. The van der Waals surface area contributed by atoms with Gasteiger partial charge in [0.2, 0.25) is 11.8 Å². The number of hydrogen-bond acceptors (Lipinski definition) is 7. The van der Waals surface area contributed by atoms with Crippen LogP contribution < -0.4 is 0 Å². The number of nitrogens with zero attached hydrogens (tertiary/aromatic N) is 1. The summed E-state index contributed by atoms with van der Waals surface area (Å²) in [5.41, 5.74) is -2.31. The molecule has 1 N–H and O–H groups in total. The minimum atomic E-state index is -2.31. The van der Waals surface area contributed by atoms with Crippen LogP contribution in [0.1, 0.15) is 13.8 Å². The van der Waals surface area contributed by atoms with E-state index in [4.69, 9.17) is 9.47 Å². The average Bonchev–Trinajstić information content (AvgIpc) is 2.28. The molecule has 1 atom stereocenters. The molecule has 0 aromatic heterocycles. The zero-order chi connectivity index (χ0) is 14.4. The lowest BCUT2D eigenvalue weighted by atomic mass is 10.1. The van der Waals surface area contributed by atoms with Gasteiger partial charge in [0.25, 0.3) is 0 Å². The molecule has 0 aromatic rings. The van der Waals surface area contributed by atoms with Gasteiger partial charge in [0.05, 0.1) is 0 Å². The van der Waals surface area contributed by atoms with Crippen molar-refractivity contribution in [2.75, 3.05) is 0 Å². The molecule has 18 heavy (non-hydrogen) atoms. The zero-order valence-corrected chi connectivity index (χ0v) is 10.0. The van der Waals surface area contributed by atoms with Crippen LogP contribution in [-0.2, 0) is 23.9 Å². The SMILES string of the molecule is C=CC(=O)OC(C)(OC(=O)C=C)C(C)(O)N=C=O. The van der Waals surface area contributed by atoms with Crippen molar-refractivity contribution in [2.45, 2.75) is 25.4 Å². The summed E-state index contributed by atoms with van der Waals surface area (Å²) in [7, 11) is 0. The summed E-state index contributed by atoms with van der Waals surface area (Å²) >= 11 is 0. The van der Waals surface area contributed by atoms with Crippen molar-refractivity contribution in [3.05, 3.63) is 25.3 Å². The van der Waals surface area contributed by atoms with Gasteiger partial charge in [0, 0.05) is 19.1 Å². The van der Waals surface area contributed by atoms with Gasteiger partial charge >= 0.3 is 17.7 Å². The number of rotatable bonds is 6. The molecule has 0 spiro atoms. The third-order valence-electron chi connectivity index (χ3n) is 2.05. The van der Waals surface area contributed by atoms with Gasteiger partial charge in [0.1, 0.15) is 0 Å². The number of esters is 2. The molecule has 0 amide bonds. The molecule has 0 aromatic carbocycles. The van der Waals surface area contributed by atoms with Gasteiger partial charge in [-0.15, -0.1) is 0 Å². The van der Waals surface area contributed by atoms with Crippen LogP contribution in [-0.4, -0.2) is 34.6 Å². The van der Waals surface area contributed by atoms with Crippen molar-refractivity contribution < 1.29 is 29.0 Å². The van der Waals surface area contributed by atoms with E-state index in [1.807, 2.05) is 0 Å². The van der Waals surface area contributed by atoms with Crippen LogP contribution in [0.15, 0.2) is 30.3 Å². The summed E-state index contributed by atoms with van der Waals surface area (Å²) in [6.45, 7) is 8.35. The molecule has 7 nitrogen and oxygen atoms in total. The van der Waals surface area contributed by atoms with Gasteiger partial charge in [-0.2, -0.15) is 4.99 Å². The van der Waals surface area contributed by atoms with Crippen molar-refractivity contribution in [3.63, 3.8) is 0 Å². The minimum absolute atomic E-state index is 0.792. The van der Waals surface area contributed by atoms with Crippen LogP contribution >= 0.6 is 0 Å². The number of aliphatic hydroxyl groups is 1. The second-order valence-corrected chi connectivity index (χ2v) is 3.42. The van der Waals surface area contributed by atoms with Crippen molar-refractivity contribution in [1.82, 2.24) is 0 Å². The lowest BCUT2D eigenvalue weighted by molar-refractivity contribution is -0.274. The van der Waals surface area contributed by atoms with Crippen LogP contribution in [0, 0.1) is 0 Å². The maximum atomic E-state index is 11.1. The number of isocyanates is 1. The van der Waals surface area contributed by atoms with E-state index in [1.165, 1.54) is 0 Å². The predicted molar refractivity (Wildman–Crippen MR) is 59.7 cm³/mol. The topological polar surface area (TPSA) is 102 Å². The van der Waals surface area contributed by atoms with E-state index in [0.29, 0.717) is 0 Å². The fraction of sp³-hybridized carbons (Fsp3) is 0.364. The van der Waals surface area contributed by atoms with Crippen LogP contribution in [0.25, 0.3) is 0 Å². The van der Waals surface area contributed by atoms with Crippen molar-refractivity contribution in [3.8, 4) is 0 Å². The van der Waals surface area contributed by atoms with Gasteiger partial charge in [-0.25, -0.2) is 14.4 Å². The molecule has 7 heteroatoms. The third-order valence-corrected chi connectivity index (χ3v) is 2.05. The first-order chi connectivity index (χ1) is 8.22. The lowest BCUT2D eigenvalue weighted by Gasteiger charge is -2.36. The molecule has 0 fully saturated rings. The highest BCUT2D eigenvalue weighted by atomic mass is 16.7. The smallest absolute Gasteiger partial charge is 0.333 e. The Bertz CT molecular complexity index is 397. The van der Waals surface area contributed by atoms with E-state index < -0.39 is 23.5 Å². The molecule has 0 aliphatic rings. The average molecular weight is 255 g/mol. The van der Waals surface area contributed by atoms with Gasteiger partial charge in [0.15, 0.2) is 0 Å². The maximum absolute atomic E-state index is 11.1. The number of aliphatic imine (C=N–C) groups is 1. The van der Waals surface area contributed by atoms with Crippen molar-refractivity contribution in [1.29, 1.82) is 0 Å². The molecule has 98 valence electrons. The van der Waals surface area contributed by atoms with E-state index >= 15 is 0 Å². The highest BCUT2D eigenvalue weighted by molar-refractivity contribution is 5.83. The van der Waals surface area contributed by atoms with Crippen LogP contribution in [0.3, 0.4) is 0 Å². The van der Waals surface area contributed by atoms with Crippen molar-refractivity contribution in [2.24, 2.45) is 4.99 Å². The highest BCUT2D eigenvalue weighted by Gasteiger charge is 2.51. The Labute approximate surface area is 103 Å². The first-order valence-corrected chi connectivity index (χ1v) is 4.74. The molecular weight excluding hydrogens is 242 g/mol. The standard InChI is InChI=1S/C11H13NO6/c1-5-8(14)17-11(4,18-9(15)6-2)10(3,16)12-7-13/h5-6,16H,1-2H2,3-4H3. The van der Waals surface area contributed by atoms with Gasteiger partial charge in [-0.1, -0.05) is 13.2 Å². The van der Waals surface area contributed by atoms with E-state index in [-0.39, 0.29) is 0 Å². The minimum Gasteiger partial charge on any atom is -0.414 e. The summed E-state index contributed by atoms with van der Waals surface area (Å²) in [4.78, 5) is 35.5. The van der Waals surface area contributed by atoms with E-state index in [9.17, 15) is 19.5 Å². The quantitative estimate of drug-likeness (QED) is 0.239. The molecular formula is C11H13NO6. The molecule has 1 unspecified atom stereocenters. The maximum Gasteiger partial charge on any atom is 0.333 e. The van der Waals surface area contributed by atoms with Crippen LogP contribution in [0.2, 0.25) is 0 Å². The molecule has 0 aliphatic carbocycles. The van der Waals surface area contributed by atoms with E-state index in [2.05, 4.69) is 18.2 Å². The number of hydrogen-bond donors (Lipinski definition) is 1. The Morgan fingerprint density at radius 1 is 1.22 bits per heavy atom. The number of ether oxygens (including phenoxy) is 2. The second-order valence-electron chi connectivity index (χ2n) is 3.42. The van der Waals surface area contributed by atoms with Crippen molar-refractivity contribution >= 4 is 18.0 Å². The molecule has 0 saturated carbocycles. The zero-order valence-electron chi connectivity index (χ0n) is 10.0. The van der Waals surface area contributed by atoms with Gasteiger partial charge in [-0.05, 0) is 6.92 Å². The second kappa shape index (κ2) is 5.90. The first-order valence-electron chi connectivity index (χ1n) is 4.74. The van der Waals surface area contributed by atoms with Crippen LogP contribution in [0.4, 0.5) is 0 Å². The van der Waals surface area contributed by atoms with E-state index in [1.54, 1.807) is 0 Å². The molecule has 0 saturated heterocycles. The normalized spacial score (nSPS) is 13.5. The summed E-state index contributed by atoms with van der Waals surface area (Å²) in [6.07, 6.45) is 2.67. The molecule has 0 bridgehead atoms. The Hall–Kier alpha value is -2.24. The Kier molecular flexibility index (Phi) is 5.17. The third kappa shape index (κ3) is 3.65. The molecule has 0 aliphatic heterocycles. The number of carbonyl (C=O) groups is 2. The first kappa shape index (κ1) is 15.8. The Morgan fingerprint density at radius 2 is 1.61 bits per heavy atom. The monoisotopic (exact) mass is 255 g/mol. The Morgan fingerprint density at radius 3 is 1.89 bits per heavy atom.